The lowest BCUT2D eigenvalue weighted by Gasteiger charge is -2.20. The molecule has 1 fully saturated rings. The lowest BCUT2D eigenvalue weighted by Crippen LogP contribution is -2.45. The number of amides is 1. The topological polar surface area (TPSA) is 109 Å². The molecule has 0 aliphatic carbocycles. The number of methoxy groups -OCH3 is 1. The van der Waals surface area contributed by atoms with E-state index < -0.39 is 18.0 Å². The van der Waals surface area contributed by atoms with E-state index in [1.807, 2.05) is 0 Å². The highest BCUT2D eigenvalue weighted by Crippen LogP contribution is 2.37. The van der Waals surface area contributed by atoms with Crippen LogP contribution in [0.25, 0.3) is 10.9 Å². The summed E-state index contributed by atoms with van der Waals surface area (Å²) >= 11 is 5.91. The van der Waals surface area contributed by atoms with Crippen LogP contribution in [0.2, 0.25) is 5.02 Å². The fourth-order valence-corrected chi connectivity index (χ4v) is 4.10. The molecule has 0 unspecified atom stereocenters. The second kappa shape index (κ2) is 10.6. The van der Waals surface area contributed by atoms with Gasteiger partial charge >= 0.3 is 0 Å². The average Bonchev–Trinajstić information content (AvgIpc) is 3.29. The number of likely N-dealkylation sites (N-methyl/N-ethyl adjacent to an activating group) is 1. The van der Waals surface area contributed by atoms with Gasteiger partial charge in [0.2, 0.25) is 5.91 Å². The smallest absolute Gasteiger partial charge is 0.237 e. The summed E-state index contributed by atoms with van der Waals surface area (Å²) in [6.45, 7) is 1.89. The van der Waals surface area contributed by atoms with Crippen molar-refractivity contribution in [3.05, 3.63) is 47.5 Å². The molecule has 2 aromatic carbocycles. The number of aromatic nitrogens is 2. The molecule has 1 aromatic heterocycles. The normalized spacial score (nSPS) is 19.3. The average molecular weight is 505 g/mol. The van der Waals surface area contributed by atoms with Crippen LogP contribution in [0.4, 0.5) is 15.9 Å². The van der Waals surface area contributed by atoms with Crippen LogP contribution in [-0.2, 0) is 4.79 Å². The van der Waals surface area contributed by atoms with E-state index >= 15 is 0 Å². The summed E-state index contributed by atoms with van der Waals surface area (Å²) in [4.78, 5) is 22.9. The number of carbonyl (C=O) groups excluding carboxylic acids is 1. The van der Waals surface area contributed by atoms with Gasteiger partial charge in [-0.15, -0.1) is 0 Å². The minimum absolute atomic E-state index is 0.0174. The highest BCUT2D eigenvalue weighted by Gasteiger charge is 2.36. The molecule has 35 heavy (non-hydrogen) atoms. The molecule has 1 amide bonds. The fourth-order valence-electron chi connectivity index (χ4n) is 3.93. The Morgan fingerprint density at radius 3 is 2.97 bits per heavy atom. The van der Waals surface area contributed by atoms with Gasteiger partial charge < -0.3 is 25.2 Å². The molecule has 3 aromatic rings. The largest absolute Gasteiger partial charge is 0.493 e. The first kappa shape index (κ1) is 23.5. The highest BCUT2D eigenvalue weighted by atomic mass is 35.5. The first-order valence-corrected chi connectivity index (χ1v) is 11.4. The van der Waals surface area contributed by atoms with Crippen LogP contribution in [0.5, 0.6) is 11.5 Å². The molecular formula is C24H27ClFN5O4. The summed E-state index contributed by atoms with van der Waals surface area (Å²) in [7, 11) is 1.43. The van der Waals surface area contributed by atoms with Crippen molar-refractivity contribution >= 4 is 39.9 Å². The number of likely N-dealkylation sites (tertiary alicyclic amines) is 1. The number of ether oxygens (including phenoxy) is 2. The van der Waals surface area contributed by atoms with Crippen molar-refractivity contribution in [3.8, 4) is 11.5 Å². The predicted molar refractivity (Wildman–Crippen MR) is 131 cm³/mol. The fraction of sp³-hybridized carbons (Fsp3) is 0.375. The zero-order valence-electron chi connectivity index (χ0n) is 20.3. The van der Waals surface area contributed by atoms with Gasteiger partial charge in [-0.25, -0.2) is 14.4 Å². The van der Waals surface area contributed by atoms with E-state index in [0.717, 1.165) is 0 Å². The lowest BCUT2D eigenvalue weighted by atomic mass is 10.1. The van der Waals surface area contributed by atoms with Crippen LogP contribution in [0, 0.1) is 5.82 Å². The molecule has 11 heteroatoms. The molecule has 3 N–H and O–H groups in total. The number of nitrogens with one attached hydrogen (secondary N) is 2. The van der Waals surface area contributed by atoms with E-state index in [-0.39, 0.29) is 36.3 Å². The summed E-state index contributed by atoms with van der Waals surface area (Å²) < 4.78 is 34.1. The first-order chi connectivity index (χ1) is 17.3. The summed E-state index contributed by atoms with van der Waals surface area (Å²) in [5.41, 5.74) is 0.710. The van der Waals surface area contributed by atoms with E-state index in [1.54, 1.807) is 36.1 Å². The van der Waals surface area contributed by atoms with Crippen molar-refractivity contribution in [2.24, 2.45) is 0 Å². The number of aliphatic hydroxyl groups excluding tert-OH is 1. The van der Waals surface area contributed by atoms with Crippen LogP contribution in [0.3, 0.4) is 0 Å². The molecule has 3 atom stereocenters. The Morgan fingerprint density at radius 1 is 1.40 bits per heavy atom. The van der Waals surface area contributed by atoms with Gasteiger partial charge in [0, 0.05) is 31.8 Å². The lowest BCUT2D eigenvalue weighted by molar-refractivity contribution is -0.126. The Bertz CT molecular complexity index is 1250. The molecule has 9 nitrogen and oxygen atoms in total. The van der Waals surface area contributed by atoms with Gasteiger partial charge in [0.05, 0.1) is 36.0 Å². The maximum atomic E-state index is 14.5. The van der Waals surface area contributed by atoms with Crippen molar-refractivity contribution in [2.45, 2.75) is 31.5 Å². The van der Waals surface area contributed by atoms with Gasteiger partial charge in [-0.3, -0.25) is 9.69 Å². The molecule has 1 aliphatic heterocycles. The SMILES string of the molecule is [2H]CN1C[C@@H](Oc2cc3c(Nc4cccc(Cl)c4F)ncnc3cc2OC)C[C@H]1C(=O)N[C@@H](C)CO. The molecule has 4 rings (SSSR count). The van der Waals surface area contributed by atoms with Gasteiger partial charge in [-0.05, 0) is 32.1 Å². The number of carbonyl (C=O) groups is 1. The third-order valence-corrected chi connectivity index (χ3v) is 6.04. The van der Waals surface area contributed by atoms with Gasteiger partial charge in [-0.1, -0.05) is 17.7 Å². The number of fused-ring (bicyclic) bond motifs is 1. The van der Waals surface area contributed by atoms with Crippen molar-refractivity contribution in [1.82, 2.24) is 20.2 Å². The van der Waals surface area contributed by atoms with Gasteiger partial charge in [0.1, 0.15) is 18.2 Å². The van der Waals surface area contributed by atoms with Gasteiger partial charge in [0.25, 0.3) is 0 Å². The number of benzene rings is 2. The molecule has 0 radical (unpaired) electrons. The van der Waals surface area contributed by atoms with Crippen LogP contribution in [-0.4, -0.2) is 71.4 Å². The number of nitrogens with zero attached hydrogens (tertiary/aromatic N) is 3. The third-order valence-electron chi connectivity index (χ3n) is 5.75. The molecule has 0 bridgehead atoms. The molecule has 1 aliphatic rings. The Hall–Kier alpha value is -3.21. The van der Waals surface area contributed by atoms with E-state index in [2.05, 4.69) is 20.6 Å². The zero-order valence-corrected chi connectivity index (χ0v) is 20.1. The number of hydrogen-bond acceptors (Lipinski definition) is 8. The predicted octanol–water partition coefficient (Wildman–Crippen LogP) is 3.12. The minimum Gasteiger partial charge on any atom is -0.493 e. The standard InChI is InChI=1S/C24H27ClFN5O4/c1-13(11-32)29-24(33)19-7-14(10-31(19)2)35-21-8-15-18(9-20(21)34-3)27-12-28-23(15)30-17-6-4-5-16(25)22(17)26/h4-6,8-9,12-14,19,32H,7,10-11H2,1-3H3,(H,29,33)(H,27,28,30)/t13-,14-,19-/m0/s1/i2D. The highest BCUT2D eigenvalue weighted by molar-refractivity contribution is 6.31. The first-order valence-electron chi connectivity index (χ1n) is 11.7. The number of rotatable bonds is 8. The maximum Gasteiger partial charge on any atom is 0.237 e. The van der Waals surface area contributed by atoms with Gasteiger partial charge in [0.15, 0.2) is 17.3 Å². The third kappa shape index (κ3) is 5.39. The minimum atomic E-state index is -0.600. The molecule has 0 spiro atoms. The van der Waals surface area contributed by atoms with E-state index in [0.29, 0.717) is 41.2 Å². The maximum absolute atomic E-state index is 14.5. The second-order valence-electron chi connectivity index (χ2n) is 8.32. The van der Waals surface area contributed by atoms with E-state index in [9.17, 15) is 14.3 Å². The second-order valence-corrected chi connectivity index (χ2v) is 8.73. The van der Waals surface area contributed by atoms with Crippen molar-refractivity contribution in [2.75, 3.05) is 32.6 Å². The number of hydrogen-bond donors (Lipinski definition) is 3. The van der Waals surface area contributed by atoms with E-state index in [4.69, 9.17) is 22.4 Å². The molecule has 186 valence electrons. The number of anilines is 2. The Balaban J connectivity index is 1.61. The Labute approximate surface area is 208 Å². The molecule has 1 saturated heterocycles. The summed E-state index contributed by atoms with van der Waals surface area (Å²) in [5.74, 6) is 0.318. The molecule has 0 saturated carbocycles. The van der Waals surface area contributed by atoms with Crippen LogP contribution < -0.4 is 20.1 Å². The van der Waals surface area contributed by atoms with Crippen LogP contribution >= 0.6 is 11.6 Å². The van der Waals surface area contributed by atoms with Crippen LogP contribution in [0.15, 0.2) is 36.7 Å². The zero-order chi connectivity index (χ0) is 25.8. The number of aliphatic hydroxyl groups is 1. The molecular weight excluding hydrogens is 477 g/mol. The monoisotopic (exact) mass is 504 g/mol. The summed E-state index contributed by atoms with van der Waals surface area (Å²) in [6.07, 6.45) is 1.31. The Kier molecular flexibility index (Phi) is 7.12. The molecule has 2 heterocycles. The Morgan fingerprint density at radius 2 is 2.23 bits per heavy atom. The number of halogens is 2. The van der Waals surface area contributed by atoms with Crippen molar-refractivity contribution in [3.63, 3.8) is 0 Å². The summed E-state index contributed by atoms with van der Waals surface area (Å²) in [6, 6.07) is 7.08. The quantitative estimate of drug-likeness (QED) is 0.429. The van der Waals surface area contributed by atoms with Crippen molar-refractivity contribution in [1.29, 1.82) is 0 Å². The summed E-state index contributed by atoms with van der Waals surface area (Å²) in [5, 5.41) is 15.5. The van der Waals surface area contributed by atoms with Crippen LogP contribution in [0.1, 0.15) is 14.7 Å². The van der Waals surface area contributed by atoms with E-state index in [1.165, 1.54) is 19.5 Å². The van der Waals surface area contributed by atoms with Crippen molar-refractivity contribution < 1.29 is 25.1 Å². The van der Waals surface area contributed by atoms with Gasteiger partial charge in [-0.2, -0.15) is 0 Å².